The van der Waals surface area contributed by atoms with Crippen LogP contribution < -0.4 is 5.32 Å². The van der Waals surface area contributed by atoms with Crippen LogP contribution in [0.25, 0.3) is 0 Å². The van der Waals surface area contributed by atoms with Gasteiger partial charge in [0.05, 0.1) is 12.3 Å². The molecule has 2 heterocycles. The molecule has 1 aromatic heterocycles. The molecule has 0 amide bonds. The standard InChI is InChI=1S/C14H21FN2O/c1-16-14(11-8-12(15)10-17-9-11)6-2-4-13-5-3-7-18-13/h8-10,13-14,16H,2-7H2,1H3. The lowest BCUT2D eigenvalue weighted by molar-refractivity contribution is 0.101. The van der Waals surface area contributed by atoms with Crippen LogP contribution in [0, 0.1) is 5.82 Å². The van der Waals surface area contributed by atoms with Crippen molar-refractivity contribution in [2.75, 3.05) is 13.7 Å². The molecule has 4 heteroatoms. The summed E-state index contributed by atoms with van der Waals surface area (Å²) >= 11 is 0. The average molecular weight is 252 g/mol. The van der Waals surface area contributed by atoms with Crippen molar-refractivity contribution in [2.24, 2.45) is 0 Å². The fraction of sp³-hybridized carbons (Fsp3) is 0.643. The van der Waals surface area contributed by atoms with E-state index in [9.17, 15) is 4.39 Å². The third-order valence-electron chi connectivity index (χ3n) is 3.52. The van der Waals surface area contributed by atoms with E-state index in [0.717, 1.165) is 31.4 Å². The van der Waals surface area contributed by atoms with Crippen molar-refractivity contribution in [1.82, 2.24) is 10.3 Å². The summed E-state index contributed by atoms with van der Waals surface area (Å²) in [6.45, 7) is 0.911. The zero-order valence-electron chi connectivity index (χ0n) is 10.9. The summed E-state index contributed by atoms with van der Waals surface area (Å²) in [6, 6.07) is 1.73. The molecular weight excluding hydrogens is 231 g/mol. The molecule has 1 aliphatic rings. The van der Waals surface area contributed by atoms with Crippen LogP contribution in [0.5, 0.6) is 0 Å². The first kappa shape index (κ1) is 13.4. The average Bonchev–Trinajstić information content (AvgIpc) is 2.88. The van der Waals surface area contributed by atoms with Gasteiger partial charge in [0.15, 0.2) is 0 Å². The molecule has 1 saturated heterocycles. The highest BCUT2D eigenvalue weighted by atomic mass is 19.1. The summed E-state index contributed by atoms with van der Waals surface area (Å²) in [6.07, 6.45) is 8.96. The number of hydrogen-bond donors (Lipinski definition) is 1. The predicted molar refractivity (Wildman–Crippen MR) is 68.8 cm³/mol. The quantitative estimate of drug-likeness (QED) is 0.845. The monoisotopic (exact) mass is 252 g/mol. The second kappa shape index (κ2) is 6.81. The summed E-state index contributed by atoms with van der Waals surface area (Å²) in [5.74, 6) is -0.271. The van der Waals surface area contributed by atoms with Gasteiger partial charge in [-0.3, -0.25) is 4.98 Å². The van der Waals surface area contributed by atoms with Crippen molar-refractivity contribution in [2.45, 2.75) is 44.2 Å². The van der Waals surface area contributed by atoms with E-state index in [0.29, 0.717) is 6.10 Å². The minimum atomic E-state index is -0.271. The SMILES string of the molecule is CNC(CCCC1CCCO1)c1cncc(F)c1. The van der Waals surface area contributed by atoms with Gasteiger partial charge in [0.25, 0.3) is 0 Å². The Bertz CT molecular complexity index is 367. The minimum absolute atomic E-state index is 0.176. The summed E-state index contributed by atoms with van der Waals surface area (Å²) in [5.41, 5.74) is 0.921. The van der Waals surface area contributed by atoms with Gasteiger partial charge in [-0.15, -0.1) is 0 Å². The molecule has 1 N–H and O–H groups in total. The fourth-order valence-electron chi connectivity index (χ4n) is 2.52. The molecule has 18 heavy (non-hydrogen) atoms. The Morgan fingerprint density at radius 1 is 1.56 bits per heavy atom. The third kappa shape index (κ3) is 3.75. The molecule has 0 bridgehead atoms. The molecule has 0 aliphatic carbocycles. The van der Waals surface area contributed by atoms with Gasteiger partial charge in [0, 0.05) is 18.8 Å². The lowest BCUT2D eigenvalue weighted by Crippen LogP contribution is -2.17. The van der Waals surface area contributed by atoms with Crippen LogP contribution in [0.15, 0.2) is 18.5 Å². The minimum Gasteiger partial charge on any atom is -0.378 e. The highest BCUT2D eigenvalue weighted by molar-refractivity contribution is 5.14. The molecule has 1 aromatic rings. The first-order valence-electron chi connectivity index (χ1n) is 6.69. The van der Waals surface area contributed by atoms with E-state index in [2.05, 4.69) is 10.3 Å². The number of hydrogen-bond acceptors (Lipinski definition) is 3. The number of aromatic nitrogens is 1. The predicted octanol–water partition coefficient (Wildman–Crippen LogP) is 2.83. The molecule has 3 nitrogen and oxygen atoms in total. The number of nitrogens with zero attached hydrogens (tertiary/aromatic N) is 1. The molecule has 0 saturated carbocycles. The van der Waals surface area contributed by atoms with Crippen molar-refractivity contribution in [3.63, 3.8) is 0 Å². The number of rotatable bonds is 6. The summed E-state index contributed by atoms with van der Waals surface area (Å²) in [5, 5.41) is 3.22. The topological polar surface area (TPSA) is 34.1 Å². The van der Waals surface area contributed by atoms with Crippen LogP contribution in [0.2, 0.25) is 0 Å². The van der Waals surface area contributed by atoms with Crippen molar-refractivity contribution in [3.05, 3.63) is 29.8 Å². The lowest BCUT2D eigenvalue weighted by Gasteiger charge is -2.17. The zero-order valence-corrected chi connectivity index (χ0v) is 10.9. The molecule has 2 rings (SSSR count). The van der Waals surface area contributed by atoms with Gasteiger partial charge in [0.1, 0.15) is 5.82 Å². The Hall–Kier alpha value is -1.00. The first-order chi connectivity index (χ1) is 8.79. The smallest absolute Gasteiger partial charge is 0.141 e. The van der Waals surface area contributed by atoms with Crippen LogP contribution in [0.3, 0.4) is 0 Å². The van der Waals surface area contributed by atoms with Crippen LogP contribution in [-0.4, -0.2) is 24.7 Å². The molecular formula is C14H21FN2O. The van der Waals surface area contributed by atoms with Crippen molar-refractivity contribution >= 4 is 0 Å². The molecule has 0 radical (unpaired) electrons. The first-order valence-corrected chi connectivity index (χ1v) is 6.69. The highest BCUT2D eigenvalue weighted by Crippen LogP contribution is 2.22. The van der Waals surface area contributed by atoms with Crippen LogP contribution in [-0.2, 0) is 4.74 Å². The van der Waals surface area contributed by atoms with Crippen molar-refractivity contribution < 1.29 is 9.13 Å². The van der Waals surface area contributed by atoms with E-state index in [1.807, 2.05) is 7.05 Å². The zero-order chi connectivity index (χ0) is 12.8. The maximum absolute atomic E-state index is 13.1. The Labute approximate surface area is 108 Å². The largest absolute Gasteiger partial charge is 0.378 e. The summed E-state index contributed by atoms with van der Waals surface area (Å²) in [7, 11) is 1.90. The van der Waals surface area contributed by atoms with E-state index in [1.54, 1.807) is 12.3 Å². The van der Waals surface area contributed by atoms with Gasteiger partial charge in [-0.05, 0) is 50.8 Å². The Balaban J connectivity index is 1.81. The molecule has 1 aliphatic heterocycles. The van der Waals surface area contributed by atoms with Crippen LogP contribution in [0.1, 0.15) is 43.7 Å². The molecule has 2 unspecified atom stereocenters. The van der Waals surface area contributed by atoms with E-state index in [-0.39, 0.29) is 11.9 Å². The maximum Gasteiger partial charge on any atom is 0.141 e. The second-order valence-corrected chi connectivity index (χ2v) is 4.84. The van der Waals surface area contributed by atoms with Crippen molar-refractivity contribution in [1.29, 1.82) is 0 Å². The molecule has 1 fully saturated rings. The number of pyridine rings is 1. The molecule has 0 spiro atoms. The number of ether oxygens (including phenoxy) is 1. The Kier molecular flexibility index (Phi) is 5.08. The highest BCUT2D eigenvalue weighted by Gasteiger charge is 2.16. The van der Waals surface area contributed by atoms with Crippen molar-refractivity contribution in [3.8, 4) is 0 Å². The van der Waals surface area contributed by atoms with E-state index in [4.69, 9.17) is 4.74 Å². The van der Waals surface area contributed by atoms with Crippen LogP contribution >= 0.6 is 0 Å². The molecule has 100 valence electrons. The summed E-state index contributed by atoms with van der Waals surface area (Å²) in [4.78, 5) is 3.90. The number of nitrogens with one attached hydrogen (secondary N) is 1. The van der Waals surface area contributed by atoms with E-state index < -0.39 is 0 Å². The van der Waals surface area contributed by atoms with Gasteiger partial charge in [0.2, 0.25) is 0 Å². The fourth-order valence-corrected chi connectivity index (χ4v) is 2.52. The van der Waals surface area contributed by atoms with Gasteiger partial charge in [-0.1, -0.05) is 0 Å². The molecule has 2 atom stereocenters. The Morgan fingerprint density at radius 3 is 3.11 bits per heavy atom. The normalized spacial score (nSPS) is 21.1. The van der Waals surface area contributed by atoms with Gasteiger partial charge in [-0.2, -0.15) is 0 Å². The van der Waals surface area contributed by atoms with E-state index in [1.165, 1.54) is 19.0 Å². The van der Waals surface area contributed by atoms with E-state index >= 15 is 0 Å². The maximum atomic E-state index is 13.1. The van der Waals surface area contributed by atoms with Gasteiger partial charge >= 0.3 is 0 Å². The summed E-state index contributed by atoms with van der Waals surface area (Å²) < 4.78 is 18.7. The second-order valence-electron chi connectivity index (χ2n) is 4.84. The lowest BCUT2D eigenvalue weighted by atomic mass is 10.0. The number of halogens is 1. The van der Waals surface area contributed by atoms with Gasteiger partial charge < -0.3 is 10.1 Å². The van der Waals surface area contributed by atoms with Gasteiger partial charge in [-0.25, -0.2) is 4.39 Å². The third-order valence-corrected chi connectivity index (χ3v) is 3.52. The van der Waals surface area contributed by atoms with Crippen LogP contribution in [0.4, 0.5) is 4.39 Å². The molecule has 0 aromatic carbocycles. The Morgan fingerprint density at radius 2 is 2.44 bits per heavy atom.